The summed E-state index contributed by atoms with van der Waals surface area (Å²) in [6.45, 7) is 1.12. The Balaban J connectivity index is 2.11. The molecule has 1 unspecified atom stereocenters. The second-order valence-electron chi connectivity index (χ2n) is 2.95. The van der Waals surface area contributed by atoms with Gasteiger partial charge in [0.05, 0.1) is 6.61 Å². The van der Waals surface area contributed by atoms with Gasteiger partial charge in [0.1, 0.15) is 6.61 Å². The molecule has 1 aliphatic rings. The van der Waals surface area contributed by atoms with Crippen molar-refractivity contribution < 1.29 is 14.2 Å². The highest BCUT2D eigenvalue weighted by molar-refractivity contribution is 5.40. The number of para-hydroxylation sites is 2. The number of hydrogen-bond donors (Lipinski definition) is 0. The highest BCUT2D eigenvalue weighted by atomic mass is 16.6. The van der Waals surface area contributed by atoms with Gasteiger partial charge in [-0.15, -0.1) is 0 Å². The van der Waals surface area contributed by atoms with Crippen molar-refractivity contribution in [3.05, 3.63) is 24.3 Å². The van der Waals surface area contributed by atoms with E-state index in [9.17, 15) is 0 Å². The van der Waals surface area contributed by atoms with Gasteiger partial charge in [0, 0.05) is 7.11 Å². The molecule has 1 aromatic carbocycles. The minimum Gasteiger partial charge on any atom is -0.486 e. The maximum Gasteiger partial charge on any atom is 0.161 e. The molecular formula is C10H12O3. The summed E-state index contributed by atoms with van der Waals surface area (Å²) in [5, 5.41) is 0. The fourth-order valence-electron chi connectivity index (χ4n) is 1.33. The Morgan fingerprint density at radius 1 is 1.38 bits per heavy atom. The van der Waals surface area contributed by atoms with E-state index in [0.717, 1.165) is 11.5 Å². The van der Waals surface area contributed by atoms with E-state index in [2.05, 4.69) is 0 Å². The van der Waals surface area contributed by atoms with Gasteiger partial charge in [-0.25, -0.2) is 0 Å². The van der Waals surface area contributed by atoms with Crippen LogP contribution in [0.15, 0.2) is 24.3 Å². The van der Waals surface area contributed by atoms with E-state index in [4.69, 9.17) is 14.2 Å². The predicted molar refractivity (Wildman–Crippen MR) is 48.2 cm³/mol. The van der Waals surface area contributed by atoms with E-state index in [1.165, 1.54) is 0 Å². The average molecular weight is 180 g/mol. The first-order chi connectivity index (χ1) is 6.40. The van der Waals surface area contributed by atoms with Crippen molar-refractivity contribution in [3.8, 4) is 11.5 Å². The molecule has 3 heteroatoms. The largest absolute Gasteiger partial charge is 0.486 e. The fourth-order valence-corrected chi connectivity index (χ4v) is 1.33. The number of hydrogen-bond acceptors (Lipinski definition) is 3. The standard InChI is InChI=1S/C10H12O3/c1-11-6-8-7-12-9-4-2-3-5-10(9)13-8/h2-5,8H,6-7H2,1H3. The maximum atomic E-state index is 5.62. The number of benzene rings is 1. The second kappa shape index (κ2) is 3.66. The topological polar surface area (TPSA) is 27.7 Å². The fraction of sp³-hybridized carbons (Fsp3) is 0.400. The van der Waals surface area contributed by atoms with Gasteiger partial charge in [-0.1, -0.05) is 12.1 Å². The van der Waals surface area contributed by atoms with Crippen molar-refractivity contribution in [1.82, 2.24) is 0 Å². The molecule has 0 saturated heterocycles. The third-order valence-electron chi connectivity index (χ3n) is 1.92. The van der Waals surface area contributed by atoms with Crippen LogP contribution >= 0.6 is 0 Å². The smallest absolute Gasteiger partial charge is 0.161 e. The maximum absolute atomic E-state index is 5.62. The van der Waals surface area contributed by atoms with E-state index in [1.807, 2.05) is 24.3 Å². The molecule has 13 heavy (non-hydrogen) atoms. The third kappa shape index (κ3) is 1.75. The van der Waals surface area contributed by atoms with Crippen molar-refractivity contribution in [2.45, 2.75) is 6.10 Å². The zero-order chi connectivity index (χ0) is 9.10. The molecule has 0 saturated carbocycles. The Labute approximate surface area is 77.2 Å². The van der Waals surface area contributed by atoms with E-state index >= 15 is 0 Å². The molecule has 0 amide bonds. The van der Waals surface area contributed by atoms with Gasteiger partial charge in [0.25, 0.3) is 0 Å². The SMILES string of the molecule is COCC1COc2ccccc2O1. The summed E-state index contributed by atoms with van der Waals surface area (Å²) in [5.41, 5.74) is 0. The van der Waals surface area contributed by atoms with Gasteiger partial charge >= 0.3 is 0 Å². The summed E-state index contributed by atoms with van der Waals surface area (Å²) in [6, 6.07) is 7.66. The van der Waals surface area contributed by atoms with E-state index < -0.39 is 0 Å². The molecule has 0 fully saturated rings. The molecule has 2 rings (SSSR count). The van der Waals surface area contributed by atoms with E-state index in [1.54, 1.807) is 7.11 Å². The molecule has 0 spiro atoms. The van der Waals surface area contributed by atoms with Crippen LogP contribution in [0.4, 0.5) is 0 Å². The molecule has 0 aromatic heterocycles. The molecule has 0 aliphatic carbocycles. The Hall–Kier alpha value is -1.22. The Kier molecular flexibility index (Phi) is 2.36. The van der Waals surface area contributed by atoms with Crippen LogP contribution in [0.3, 0.4) is 0 Å². The number of ether oxygens (including phenoxy) is 3. The first-order valence-electron chi connectivity index (χ1n) is 4.27. The number of rotatable bonds is 2. The third-order valence-corrected chi connectivity index (χ3v) is 1.92. The van der Waals surface area contributed by atoms with Crippen molar-refractivity contribution >= 4 is 0 Å². The van der Waals surface area contributed by atoms with Crippen molar-refractivity contribution in [3.63, 3.8) is 0 Å². The highest BCUT2D eigenvalue weighted by Crippen LogP contribution is 2.30. The number of fused-ring (bicyclic) bond motifs is 1. The van der Waals surface area contributed by atoms with Crippen LogP contribution in [0.25, 0.3) is 0 Å². The first kappa shape index (κ1) is 8.38. The van der Waals surface area contributed by atoms with Crippen molar-refractivity contribution in [1.29, 1.82) is 0 Å². The minimum atomic E-state index is 0.0138. The molecule has 1 atom stereocenters. The quantitative estimate of drug-likeness (QED) is 0.689. The van der Waals surface area contributed by atoms with Crippen LogP contribution in [-0.4, -0.2) is 26.4 Å². The predicted octanol–water partition coefficient (Wildman–Crippen LogP) is 1.47. The monoisotopic (exact) mass is 180 g/mol. The highest BCUT2D eigenvalue weighted by Gasteiger charge is 2.19. The molecule has 0 radical (unpaired) electrons. The van der Waals surface area contributed by atoms with Gasteiger partial charge in [0.2, 0.25) is 0 Å². The van der Waals surface area contributed by atoms with Crippen LogP contribution in [0.1, 0.15) is 0 Å². The molecular weight excluding hydrogens is 168 g/mol. The minimum absolute atomic E-state index is 0.0138. The van der Waals surface area contributed by atoms with Gasteiger partial charge < -0.3 is 14.2 Å². The molecule has 1 aliphatic heterocycles. The van der Waals surface area contributed by atoms with Crippen molar-refractivity contribution in [2.75, 3.05) is 20.3 Å². The second-order valence-corrected chi connectivity index (χ2v) is 2.95. The lowest BCUT2D eigenvalue weighted by Crippen LogP contribution is -2.32. The molecule has 0 bridgehead atoms. The molecule has 1 aromatic rings. The summed E-state index contributed by atoms with van der Waals surface area (Å²) < 4.78 is 16.1. The summed E-state index contributed by atoms with van der Waals surface area (Å²) in [7, 11) is 1.66. The Morgan fingerprint density at radius 2 is 2.15 bits per heavy atom. The van der Waals surface area contributed by atoms with Crippen molar-refractivity contribution in [2.24, 2.45) is 0 Å². The van der Waals surface area contributed by atoms with Crippen LogP contribution in [0.5, 0.6) is 11.5 Å². The van der Waals surface area contributed by atoms with Gasteiger partial charge in [-0.3, -0.25) is 0 Å². The normalized spacial score (nSPS) is 19.9. The van der Waals surface area contributed by atoms with Crippen LogP contribution in [0.2, 0.25) is 0 Å². The van der Waals surface area contributed by atoms with E-state index in [0.29, 0.717) is 13.2 Å². The van der Waals surface area contributed by atoms with Crippen LogP contribution in [-0.2, 0) is 4.74 Å². The molecule has 1 heterocycles. The first-order valence-corrected chi connectivity index (χ1v) is 4.27. The zero-order valence-electron chi connectivity index (χ0n) is 7.53. The lowest BCUT2D eigenvalue weighted by Gasteiger charge is -2.25. The molecule has 70 valence electrons. The Bertz CT molecular complexity index is 285. The lowest BCUT2D eigenvalue weighted by molar-refractivity contribution is 0.0272. The molecule has 3 nitrogen and oxygen atoms in total. The van der Waals surface area contributed by atoms with Gasteiger partial charge in [-0.2, -0.15) is 0 Å². The summed E-state index contributed by atoms with van der Waals surface area (Å²) in [4.78, 5) is 0. The van der Waals surface area contributed by atoms with Gasteiger partial charge in [-0.05, 0) is 12.1 Å². The number of methoxy groups -OCH3 is 1. The van der Waals surface area contributed by atoms with E-state index in [-0.39, 0.29) is 6.10 Å². The zero-order valence-corrected chi connectivity index (χ0v) is 7.53. The van der Waals surface area contributed by atoms with Crippen LogP contribution in [0, 0.1) is 0 Å². The summed E-state index contributed by atoms with van der Waals surface area (Å²) in [6.07, 6.45) is 0.0138. The summed E-state index contributed by atoms with van der Waals surface area (Å²) in [5.74, 6) is 1.62. The molecule has 0 N–H and O–H groups in total. The lowest BCUT2D eigenvalue weighted by atomic mass is 10.3. The van der Waals surface area contributed by atoms with Crippen LogP contribution < -0.4 is 9.47 Å². The van der Waals surface area contributed by atoms with Gasteiger partial charge in [0.15, 0.2) is 17.6 Å². The Morgan fingerprint density at radius 3 is 2.92 bits per heavy atom. The average Bonchev–Trinajstić information content (AvgIpc) is 2.18. The summed E-state index contributed by atoms with van der Waals surface area (Å²) >= 11 is 0.